The van der Waals surface area contributed by atoms with Crippen LogP contribution in [0.3, 0.4) is 0 Å². The van der Waals surface area contributed by atoms with Gasteiger partial charge in [-0.3, -0.25) is 0 Å². The van der Waals surface area contributed by atoms with Crippen molar-refractivity contribution in [1.29, 1.82) is 0 Å². The molecule has 2 N–H and O–H groups in total. The number of pyridine rings is 1. The first-order chi connectivity index (χ1) is 9.08. The number of nitrogens with zero attached hydrogens (tertiary/aromatic N) is 1. The van der Waals surface area contributed by atoms with Gasteiger partial charge in [0.15, 0.2) is 0 Å². The van der Waals surface area contributed by atoms with Crippen LogP contribution in [0, 0.1) is 11.8 Å². The van der Waals surface area contributed by atoms with Gasteiger partial charge in [0, 0.05) is 12.6 Å². The largest absolute Gasteiger partial charge is 0.477 e. The number of carboxylic acids is 1. The topological polar surface area (TPSA) is 62.2 Å². The van der Waals surface area contributed by atoms with Crippen LogP contribution in [-0.2, 0) is 6.54 Å². The van der Waals surface area contributed by atoms with E-state index in [1.807, 2.05) is 6.07 Å². The lowest BCUT2D eigenvalue weighted by atomic mass is 9.78. The molecule has 1 aliphatic rings. The molecule has 0 radical (unpaired) electrons. The molecule has 1 saturated carbocycles. The van der Waals surface area contributed by atoms with E-state index in [2.05, 4.69) is 24.1 Å². The van der Waals surface area contributed by atoms with Crippen LogP contribution in [0.25, 0.3) is 0 Å². The Morgan fingerprint density at radius 2 is 2.21 bits per heavy atom. The third-order valence-electron chi connectivity index (χ3n) is 4.28. The van der Waals surface area contributed by atoms with Crippen molar-refractivity contribution in [1.82, 2.24) is 10.3 Å². The van der Waals surface area contributed by atoms with E-state index >= 15 is 0 Å². The molecule has 1 aromatic heterocycles. The summed E-state index contributed by atoms with van der Waals surface area (Å²) in [5, 5.41) is 12.4. The Balaban J connectivity index is 1.94. The van der Waals surface area contributed by atoms with Crippen LogP contribution in [0.2, 0.25) is 0 Å². The summed E-state index contributed by atoms with van der Waals surface area (Å²) in [6, 6.07) is 5.66. The van der Waals surface area contributed by atoms with E-state index in [0.717, 1.165) is 11.6 Å². The van der Waals surface area contributed by atoms with E-state index in [4.69, 9.17) is 5.11 Å². The quantitative estimate of drug-likeness (QED) is 0.875. The molecular weight excluding hydrogens is 240 g/mol. The fraction of sp³-hybridized carbons (Fsp3) is 0.600. The lowest BCUT2D eigenvalue weighted by Crippen LogP contribution is -2.40. The van der Waals surface area contributed by atoms with Crippen LogP contribution in [0.1, 0.15) is 49.3 Å². The summed E-state index contributed by atoms with van der Waals surface area (Å²) in [5.41, 5.74) is 0.912. The summed E-state index contributed by atoms with van der Waals surface area (Å²) in [4.78, 5) is 15.0. The molecule has 1 fully saturated rings. The monoisotopic (exact) mass is 262 g/mol. The Morgan fingerprint density at radius 3 is 2.95 bits per heavy atom. The molecule has 0 amide bonds. The van der Waals surface area contributed by atoms with Crippen LogP contribution < -0.4 is 5.32 Å². The SMILES string of the molecule is CC1CCCC(NCc2cccc(C(=O)O)n2)C1C. The molecule has 0 saturated heterocycles. The van der Waals surface area contributed by atoms with Gasteiger partial charge in [-0.05, 0) is 30.4 Å². The molecule has 0 aromatic carbocycles. The first-order valence-electron chi connectivity index (χ1n) is 7.00. The zero-order chi connectivity index (χ0) is 13.8. The van der Waals surface area contributed by atoms with Crippen molar-refractivity contribution >= 4 is 5.97 Å². The van der Waals surface area contributed by atoms with Gasteiger partial charge >= 0.3 is 5.97 Å². The van der Waals surface area contributed by atoms with Crippen LogP contribution in [0.4, 0.5) is 0 Å². The van der Waals surface area contributed by atoms with Crippen molar-refractivity contribution in [2.24, 2.45) is 11.8 Å². The summed E-state index contributed by atoms with van der Waals surface area (Å²) in [6.07, 6.45) is 3.78. The third kappa shape index (κ3) is 3.53. The number of aromatic carboxylic acids is 1. The van der Waals surface area contributed by atoms with Crippen molar-refractivity contribution in [3.8, 4) is 0 Å². The summed E-state index contributed by atoms with van der Waals surface area (Å²) in [5.74, 6) is 0.447. The zero-order valence-corrected chi connectivity index (χ0v) is 11.6. The Labute approximate surface area is 114 Å². The molecule has 0 aliphatic heterocycles. The molecule has 104 valence electrons. The van der Waals surface area contributed by atoms with Gasteiger partial charge in [-0.25, -0.2) is 9.78 Å². The molecule has 3 unspecified atom stereocenters. The fourth-order valence-corrected chi connectivity index (χ4v) is 2.80. The molecule has 4 nitrogen and oxygen atoms in total. The highest BCUT2D eigenvalue weighted by Crippen LogP contribution is 2.29. The molecule has 0 spiro atoms. The minimum atomic E-state index is -0.971. The second-order valence-electron chi connectivity index (χ2n) is 5.57. The number of hydrogen-bond acceptors (Lipinski definition) is 3. The smallest absolute Gasteiger partial charge is 0.354 e. The van der Waals surface area contributed by atoms with Gasteiger partial charge in [0.2, 0.25) is 0 Å². The first-order valence-corrected chi connectivity index (χ1v) is 7.00. The van der Waals surface area contributed by atoms with E-state index < -0.39 is 5.97 Å². The maximum atomic E-state index is 10.9. The number of carboxylic acid groups (broad SMARTS) is 1. The van der Waals surface area contributed by atoms with Gasteiger partial charge in [0.05, 0.1) is 5.69 Å². The Morgan fingerprint density at radius 1 is 1.42 bits per heavy atom. The predicted octanol–water partition coefficient (Wildman–Crippen LogP) is 2.69. The Hall–Kier alpha value is -1.42. The minimum absolute atomic E-state index is 0.115. The lowest BCUT2D eigenvalue weighted by molar-refractivity contribution is 0.0690. The summed E-state index contributed by atoms with van der Waals surface area (Å²) in [6.45, 7) is 5.24. The average molecular weight is 262 g/mol. The standard InChI is InChI=1S/C15H22N2O2/c1-10-5-3-7-13(11(10)2)16-9-12-6-4-8-14(17-12)15(18)19/h4,6,8,10-11,13,16H,3,5,7,9H2,1-2H3,(H,18,19). The highest BCUT2D eigenvalue weighted by molar-refractivity contribution is 5.85. The van der Waals surface area contributed by atoms with E-state index in [-0.39, 0.29) is 5.69 Å². The fourth-order valence-electron chi connectivity index (χ4n) is 2.80. The van der Waals surface area contributed by atoms with Gasteiger partial charge < -0.3 is 10.4 Å². The number of nitrogens with one attached hydrogen (secondary N) is 1. The second kappa shape index (κ2) is 6.15. The van der Waals surface area contributed by atoms with Crippen molar-refractivity contribution in [2.45, 2.75) is 45.7 Å². The second-order valence-corrected chi connectivity index (χ2v) is 5.57. The number of hydrogen-bond donors (Lipinski definition) is 2. The summed E-state index contributed by atoms with van der Waals surface area (Å²) >= 11 is 0. The number of carbonyl (C=O) groups is 1. The van der Waals surface area contributed by atoms with Crippen LogP contribution in [-0.4, -0.2) is 22.1 Å². The number of aromatic nitrogens is 1. The van der Waals surface area contributed by atoms with Crippen LogP contribution in [0.5, 0.6) is 0 Å². The van der Waals surface area contributed by atoms with E-state index in [1.165, 1.54) is 25.3 Å². The Bertz CT molecular complexity index is 448. The summed E-state index contributed by atoms with van der Waals surface area (Å²) in [7, 11) is 0. The van der Waals surface area contributed by atoms with Gasteiger partial charge in [0.1, 0.15) is 5.69 Å². The first kappa shape index (κ1) is 14.0. The maximum absolute atomic E-state index is 10.9. The third-order valence-corrected chi connectivity index (χ3v) is 4.28. The molecule has 1 heterocycles. The molecular formula is C15H22N2O2. The van der Waals surface area contributed by atoms with Gasteiger partial charge in [-0.2, -0.15) is 0 Å². The normalized spacial score (nSPS) is 27.2. The van der Waals surface area contributed by atoms with E-state index in [1.54, 1.807) is 6.07 Å². The molecule has 3 atom stereocenters. The van der Waals surface area contributed by atoms with Crippen molar-refractivity contribution in [3.63, 3.8) is 0 Å². The molecule has 19 heavy (non-hydrogen) atoms. The zero-order valence-electron chi connectivity index (χ0n) is 11.6. The molecule has 0 bridgehead atoms. The highest BCUT2D eigenvalue weighted by Gasteiger charge is 2.26. The van der Waals surface area contributed by atoms with Crippen molar-refractivity contribution in [3.05, 3.63) is 29.6 Å². The average Bonchev–Trinajstić information content (AvgIpc) is 2.41. The predicted molar refractivity (Wildman–Crippen MR) is 74.0 cm³/mol. The Kier molecular flexibility index (Phi) is 4.53. The van der Waals surface area contributed by atoms with Gasteiger partial charge in [0.25, 0.3) is 0 Å². The summed E-state index contributed by atoms with van der Waals surface area (Å²) < 4.78 is 0. The van der Waals surface area contributed by atoms with Crippen LogP contribution >= 0.6 is 0 Å². The molecule has 4 heteroatoms. The minimum Gasteiger partial charge on any atom is -0.477 e. The van der Waals surface area contributed by atoms with Crippen molar-refractivity contribution in [2.75, 3.05) is 0 Å². The van der Waals surface area contributed by atoms with Gasteiger partial charge in [-0.15, -0.1) is 0 Å². The molecule has 1 aliphatic carbocycles. The van der Waals surface area contributed by atoms with Crippen molar-refractivity contribution < 1.29 is 9.90 Å². The van der Waals surface area contributed by atoms with Crippen LogP contribution in [0.15, 0.2) is 18.2 Å². The van der Waals surface area contributed by atoms with E-state index in [9.17, 15) is 4.79 Å². The maximum Gasteiger partial charge on any atom is 0.354 e. The van der Waals surface area contributed by atoms with Gasteiger partial charge in [-0.1, -0.05) is 32.8 Å². The molecule has 2 rings (SSSR count). The van der Waals surface area contributed by atoms with E-state index in [0.29, 0.717) is 18.5 Å². The molecule has 1 aromatic rings. The highest BCUT2D eigenvalue weighted by atomic mass is 16.4. The number of rotatable bonds is 4. The lowest BCUT2D eigenvalue weighted by Gasteiger charge is -2.34.